The SMILES string of the molecule is Cc1nc(-c2ccc(NC(=O)CCc3cccc(F)c3)cc2)co1. The number of oxazole rings is 1. The Morgan fingerprint density at radius 1 is 1.21 bits per heavy atom. The third-order valence-corrected chi connectivity index (χ3v) is 3.61. The van der Waals surface area contributed by atoms with Crippen molar-refractivity contribution in [2.45, 2.75) is 19.8 Å². The van der Waals surface area contributed by atoms with E-state index in [2.05, 4.69) is 10.3 Å². The summed E-state index contributed by atoms with van der Waals surface area (Å²) in [7, 11) is 0. The first-order valence-electron chi connectivity index (χ1n) is 7.67. The molecule has 0 atom stereocenters. The molecule has 0 aliphatic rings. The molecule has 3 aromatic rings. The van der Waals surface area contributed by atoms with Crippen LogP contribution in [0.1, 0.15) is 17.9 Å². The molecule has 5 heteroatoms. The van der Waals surface area contributed by atoms with Gasteiger partial charge < -0.3 is 9.73 Å². The van der Waals surface area contributed by atoms with E-state index >= 15 is 0 Å². The van der Waals surface area contributed by atoms with Gasteiger partial charge in [-0.1, -0.05) is 24.3 Å². The summed E-state index contributed by atoms with van der Waals surface area (Å²) < 4.78 is 18.3. The van der Waals surface area contributed by atoms with Gasteiger partial charge >= 0.3 is 0 Å². The lowest BCUT2D eigenvalue weighted by Gasteiger charge is -2.06. The Bertz CT molecular complexity index is 841. The molecule has 0 unspecified atom stereocenters. The van der Waals surface area contributed by atoms with E-state index in [4.69, 9.17) is 4.42 Å². The Balaban J connectivity index is 1.56. The molecule has 0 aliphatic heterocycles. The molecule has 4 nitrogen and oxygen atoms in total. The molecule has 0 saturated carbocycles. The van der Waals surface area contributed by atoms with Gasteiger partial charge in [0.05, 0.1) is 0 Å². The predicted octanol–water partition coefficient (Wildman–Crippen LogP) is 4.36. The molecule has 2 aromatic carbocycles. The van der Waals surface area contributed by atoms with Gasteiger partial charge in [0.15, 0.2) is 5.89 Å². The summed E-state index contributed by atoms with van der Waals surface area (Å²) in [4.78, 5) is 16.3. The van der Waals surface area contributed by atoms with Crippen LogP contribution in [0.15, 0.2) is 59.2 Å². The minimum absolute atomic E-state index is 0.107. The molecule has 122 valence electrons. The third-order valence-electron chi connectivity index (χ3n) is 3.61. The van der Waals surface area contributed by atoms with Gasteiger partial charge in [0.25, 0.3) is 0 Å². The lowest BCUT2D eigenvalue weighted by molar-refractivity contribution is -0.116. The first-order valence-corrected chi connectivity index (χ1v) is 7.67. The number of anilines is 1. The highest BCUT2D eigenvalue weighted by molar-refractivity contribution is 5.91. The summed E-state index contributed by atoms with van der Waals surface area (Å²) in [6.07, 6.45) is 2.40. The highest BCUT2D eigenvalue weighted by atomic mass is 19.1. The second-order valence-electron chi connectivity index (χ2n) is 5.51. The number of carbonyl (C=O) groups is 1. The van der Waals surface area contributed by atoms with Gasteiger partial charge in [-0.3, -0.25) is 4.79 Å². The van der Waals surface area contributed by atoms with E-state index < -0.39 is 0 Å². The molecular formula is C19H17FN2O2. The Hall–Kier alpha value is -2.95. The minimum atomic E-state index is -0.286. The number of halogens is 1. The molecule has 0 aliphatic carbocycles. The van der Waals surface area contributed by atoms with Crippen molar-refractivity contribution in [3.8, 4) is 11.3 Å². The number of hydrogen-bond donors (Lipinski definition) is 1. The number of carbonyl (C=O) groups excluding carboxylic acids is 1. The van der Waals surface area contributed by atoms with Crippen molar-refractivity contribution >= 4 is 11.6 Å². The van der Waals surface area contributed by atoms with Crippen molar-refractivity contribution in [2.24, 2.45) is 0 Å². The van der Waals surface area contributed by atoms with Crippen LogP contribution in [0.5, 0.6) is 0 Å². The Labute approximate surface area is 139 Å². The predicted molar refractivity (Wildman–Crippen MR) is 90.0 cm³/mol. The number of aryl methyl sites for hydroxylation is 2. The number of hydrogen-bond acceptors (Lipinski definition) is 3. The zero-order valence-corrected chi connectivity index (χ0v) is 13.3. The van der Waals surface area contributed by atoms with Gasteiger partial charge in [-0.15, -0.1) is 0 Å². The molecule has 1 aromatic heterocycles. The van der Waals surface area contributed by atoms with Crippen LogP contribution in [-0.2, 0) is 11.2 Å². The number of benzene rings is 2. The summed E-state index contributed by atoms with van der Waals surface area (Å²) in [5.74, 6) is 0.218. The topological polar surface area (TPSA) is 55.1 Å². The van der Waals surface area contributed by atoms with Crippen LogP contribution in [0, 0.1) is 12.7 Å². The van der Waals surface area contributed by atoms with Gasteiger partial charge in [0.1, 0.15) is 17.8 Å². The summed E-state index contributed by atoms with van der Waals surface area (Å²) in [6, 6.07) is 13.7. The fourth-order valence-corrected chi connectivity index (χ4v) is 2.39. The summed E-state index contributed by atoms with van der Waals surface area (Å²) in [5.41, 5.74) is 3.20. The fraction of sp³-hybridized carbons (Fsp3) is 0.158. The molecule has 0 fully saturated rings. The molecule has 0 bridgehead atoms. The molecule has 1 heterocycles. The van der Waals surface area contributed by atoms with Crippen molar-refractivity contribution in [1.82, 2.24) is 4.98 Å². The van der Waals surface area contributed by atoms with E-state index in [1.165, 1.54) is 12.1 Å². The fourth-order valence-electron chi connectivity index (χ4n) is 2.39. The molecular weight excluding hydrogens is 307 g/mol. The zero-order chi connectivity index (χ0) is 16.9. The standard InChI is InChI=1S/C19H17FN2O2/c1-13-21-18(12-24-13)15-6-8-17(9-7-15)22-19(23)10-5-14-3-2-4-16(20)11-14/h2-4,6-9,11-12H,5,10H2,1H3,(H,22,23). The van der Waals surface area contributed by atoms with Crippen LogP contribution >= 0.6 is 0 Å². The lowest BCUT2D eigenvalue weighted by atomic mass is 10.1. The largest absolute Gasteiger partial charge is 0.449 e. The molecule has 1 amide bonds. The second-order valence-corrected chi connectivity index (χ2v) is 5.51. The Kier molecular flexibility index (Phi) is 4.70. The van der Waals surface area contributed by atoms with Gasteiger partial charge in [-0.2, -0.15) is 0 Å². The molecule has 3 rings (SSSR count). The van der Waals surface area contributed by atoms with Crippen molar-refractivity contribution in [1.29, 1.82) is 0 Å². The summed E-state index contributed by atoms with van der Waals surface area (Å²) >= 11 is 0. The normalized spacial score (nSPS) is 10.6. The van der Waals surface area contributed by atoms with Crippen molar-refractivity contribution in [2.75, 3.05) is 5.32 Å². The average Bonchev–Trinajstić information content (AvgIpc) is 3.00. The maximum atomic E-state index is 13.1. The Morgan fingerprint density at radius 3 is 2.67 bits per heavy atom. The summed E-state index contributed by atoms with van der Waals surface area (Å²) in [6.45, 7) is 1.79. The third kappa shape index (κ3) is 4.07. The lowest BCUT2D eigenvalue weighted by Crippen LogP contribution is -2.12. The zero-order valence-electron chi connectivity index (χ0n) is 13.3. The van der Waals surface area contributed by atoms with E-state index in [-0.39, 0.29) is 11.7 Å². The quantitative estimate of drug-likeness (QED) is 0.758. The molecule has 0 radical (unpaired) electrons. The second kappa shape index (κ2) is 7.08. The first kappa shape index (κ1) is 15.9. The number of amides is 1. The van der Waals surface area contributed by atoms with E-state index in [1.54, 1.807) is 19.3 Å². The first-order chi connectivity index (χ1) is 11.6. The molecule has 0 spiro atoms. The van der Waals surface area contributed by atoms with E-state index in [0.717, 1.165) is 16.8 Å². The van der Waals surface area contributed by atoms with Gasteiger partial charge in [-0.25, -0.2) is 9.37 Å². The van der Waals surface area contributed by atoms with Crippen LogP contribution in [0.3, 0.4) is 0 Å². The average molecular weight is 324 g/mol. The van der Waals surface area contributed by atoms with E-state index in [0.29, 0.717) is 24.4 Å². The molecule has 1 N–H and O–H groups in total. The number of aromatic nitrogens is 1. The monoisotopic (exact) mass is 324 g/mol. The van der Waals surface area contributed by atoms with Crippen molar-refractivity contribution in [3.63, 3.8) is 0 Å². The van der Waals surface area contributed by atoms with Gasteiger partial charge in [0.2, 0.25) is 5.91 Å². The molecule has 0 saturated heterocycles. The number of rotatable bonds is 5. The van der Waals surface area contributed by atoms with Crippen molar-refractivity contribution in [3.05, 3.63) is 72.1 Å². The van der Waals surface area contributed by atoms with Gasteiger partial charge in [-0.05, 0) is 36.2 Å². The van der Waals surface area contributed by atoms with Crippen LogP contribution in [-0.4, -0.2) is 10.9 Å². The van der Waals surface area contributed by atoms with Crippen LogP contribution in [0.25, 0.3) is 11.3 Å². The van der Waals surface area contributed by atoms with E-state index in [1.807, 2.05) is 30.3 Å². The highest BCUT2D eigenvalue weighted by Crippen LogP contribution is 2.20. The van der Waals surface area contributed by atoms with Crippen molar-refractivity contribution < 1.29 is 13.6 Å². The highest BCUT2D eigenvalue weighted by Gasteiger charge is 2.06. The number of nitrogens with zero attached hydrogens (tertiary/aromatic N) is 1. The Morgan fingerprint density at radius 2 is 2.00 bits per heavy atom. The minimum Gasteiger partial charge on any atom is -0.449 e. The summed E-state index contributed by atoms with van der Waals surface area (Å²) in [5, 5.41) is 2.83. The number of nitrogens with one attached hydrogen (secondary N) is 1. The van der Waals surface area contributed by atoms with Crippen LogP contribution in [0.2, 0.25) is 0 Å². The maximum Gasteiger partial charge on any atom is 0.224 e. The van der Waals surface area contributed by atoms with Crippen LogP contribution < -0.4 is 5.32 Å². The van der Waals surface area contributed by atoms with E-state index in [9.17, 15) is 9.18 Å². The maximum absolute atomic E-state index is 13.1. The van der Waals surface area contributed by atoms with Gasteiger partial charge in [0, 0.05) is 24.6 Å². The smallest absolute Gasteiger partial charge is 0.224 e. The van der Waals surface area contributed by atoms with Crippen LogP contribution in [0.4, 0.5) is 10.1 Å². The molecule has 24 heavy (non-hydrogen) atoms.